The molecule has 1 aromatic carbocycles. The zero-order chi connectivity index (χ0) is 23.0. The van der Waals surface area contributed by atoms with Crippen molar-refractivity contribution in [2.75, 3.05) is 39.4 Å². The predicted molar refractivity (Wildman–Crippen MR) is 129 cm³/mol. The maximum absolute atomic E-state index is 13.5. The van der Waals surface area contributed by atoms with E-state index in [1.54, 1.807) is 17.0 Å². The molecular weight excluding hydrogens is 465 g/mol. The molecule has 1 N–H and O–H groups in total. The van der Waals surface area contributed by atoms with Gasteiger partial charge >= 0.3 is 0 Å². The Hall–Kier alpha value is -1.67. The van der Waals surface area contributed by atoms with Crippen LogP contribution in [0, 0.1) is 0 Å². The summed E-state index contributed by atoms with van der Waals surface area (Å²) in [5, 5.41) is 11.2. The first-order valence-electron chi connectivity index (χ1n) is 11.1. The average molecular weight is 499 g/mol. The second-order valence-electron chi connectivity index (χ2n) is 9.28. The minimum Gasteiger partial charge on any atom is -0.381 e. The van der Waals surface area contributed by atoms with E-state index in [0.717, 1.165) is 37.2 Å². The summed E-state index contributed by atoms with van der Waals surface area (Å²) in [6.45, 7) is 6.39. The normalized spacial score (nSPS) is 23.3. The number of nitrogens with zero attached hydrogens (tertiary/aromatic N) is 3. The molecule has 0 radical (unpaired) electrons. The van der Waals surface area contributed by atoms with Gasteiger partial charge in [-0.25, -0.2) is 4.58 Å². The number of rotatable bonds is 3. The van der Waals surface area contributed by atoms with Crippen molar-refractivity contribution in [3.8, 4) is 0 Å². The Morgan fingerprint density at radius 3 is 2.45 bits per heavy atom. The number of fused-ring (bicyclic) bond motifs is 1. The van der Waals surface area contributed by atoms with Crippen molar-refractivity contribution in [2.24, 2.45) is 0 Å². The first-order chi connectivity index (χ1) is 15.2. The van der Waals surface area contributed by atoms with Crippen molar-refractivity contribution in [2.45, 2.75) is 58.2 Å². The second-order valence-corrected chi connectivity index (χ2v) is 10.1. The summed E-state index contributed by atoms with van der Waals surface area (Å²) in [4.78, 5) is 30.1. The summed E-state index contributed by atoms with van der Waals surface area (Å²) >= 11 is 12.2. The molecule has 3 saturated heterocycles. The monoisotopic (exact) mass is 498 g/mol. The molecule has 2 unspecified atom stereocenters. The van der Waals surface area contributed by atoms with Crippen LogP contribution in [0.1, 0.15) is 39.7 Å². The Bertz CT molecular complexity index is 936. The van der Waals surface area contributed by atoms with Gasteiger partial charge in [0.1, 0.15) is 31.3 Å². The Morgan fingerprint density at radius 1 is 1.15 bits per heavy atom. The smallest absolute Gasteiger partial charge is 0.254 e. The number of halogens is 2. The lowest BCUT2D eigenvalue weighted by Crippen LogP contribution is -2.71. The van der Waals surface area contributed by atoms with Gasteiger partial charge in [0.05, 0.1) is 29.1 Å². The minimum absolute atomic E-state index is 0. The maximum Gasteiger partial charge on any atom is 0.254 e. The molecule has 2 atom stereocenters. The van der Waals surface area contributed by atoms with Gasteiger partial charge in [0, 0.05) is 25.9 Å². The van der Waals surface area contributed by atoms with Crippen LogP contribution in [0.4, 0.5) is 0 Å². The standard InChI is InChI=1S/C23H30Cl2N3O4.CH4/c1-23(2,31)22(30)27-9-10-28(20(29)12-15-5-6-16(24)17(25)11-15)21-18(13-32-14-19(21)27)26-7-3-4-8-26;/h5-6,11,19,21,31H,3-4,7-10,12-14H2,1-2H3;1H4/q+1;. The van der Waals surface area contributed by atoms with Gasteiger partial charge in [-0.3, -0.25) is 9.59 Å². The summed E-state index contributed by atoms with van der Waals surface area (Å²) in [7, 11) is 0. The highest BCUT2D eigenvalue weighted by Gasteiger charge is 2.50. The zero-order valence-electron chi connectivity index (χ0n) is 18.5. The molecule has 33 heavy (non-hydrogen) atoms. The van der Waals surface area contributed by atoms with E-state index in [2.05, 4.69) is 4.58 Å². The Labute approximate surface area is 205 Å². The van der Waals surface area contributed by atoms with Gasteiger partial charge in [0.15, 0.2) is 0 Å². The maximum atomic E-state index is 13.5. The number of hydrogen-bond acceptors (Lipinski definition) is 4. The third-order valence-corrected chi connectivity index (χ3v) is 7.26. The van der Waals surface area contributed by atoms with Crippen molar-refractivity contribution >= 4 is 40.7 Å². The molecule has 9 heteroatoms. The lowest BCUT2D eigenvalue weighted by atomic mass is 9.92. The minimum atomic E-state index is -1.48. The van der Waals surface area contributed by atoms with E-state index < -0.39 is 5.60 Å². The van der Waals surface area contributed by atoms with Crippen molar-refractivity contribution in [1.29, 1.82) is 0 Å². The molecule has 0 bridgehead atoms. The molecule has 0 spiro atoms. The van der Waals surface area contributed by atoms with E-state index in [4.69, 9.17) is 27.9 Å². The number of amides is 2. The van der Waals surface area contributed by atoms with E-state index in [0.29, 0.717) is 36.3 Å². The number of carbonyl (C=O) groups is 2. The summed E-state index contributed by atoms with van der Waals surface area (Å²) in [6, 6.07) is 4.64. The highest BCUT2D eigenvalue weighted by molar-refractivity contribution is 6.42. The molecule has 3 aliphatic heterocycles. The molecule has 3 fully saturated rings. The topological polar surface area (TPSA) is 73.1 Å². The zero-order valence-corrected chi connectivity index (χ0v) is 20.0. The first-order valence-corrected chi connectivity index (χ1v) is 11.9. The van der Waals surface area contributed by atoms with Gasteiger partial charge in [0.2, 0.25) is 11.6 Å². The summed E-state index contributed by atoms with van der Waals surface area (Å²) in [6.07, 6.45) is 2.41. The third kappa shape index (κ3) is 5.37. The lowest BCUT2D eigenvalue weighted by molar-refractivity contribution is -0.511. The van der Waals surface area contributed by atoms with Crippen LogP contribution in [0.25, 0.3) is 0 Å². The van der Waals surface area contributed by atoms with Gasteiger partial charge in [0.25, 0.3) is 5.91 Å². The molecule has 3 heterocycles. The number of carbonyl (C=O) groups excluding carboxylic acids is 2. The number of hydrogen-bond donors (Lipinski definition) is 1. The van der Waals surface area contributed by atoms with Gasteiger partial charge < -0.3 is 19.6 Å². The molecule has 1 aromatic rings. The number of benzene rings is 1. The van der Waals surface area contributed by atoms with Gasteiger partial charge in [-0.05, 0) is 31.5 Å². The Kier molecular flexibility index (Phi) is 8.10. The highest BCUT2D eigenvalue weighted by Crippen LogP contribution is 2.28. The van der Waals surface area contributed by atoms with Crippen molar-refractivity contribution in [1.82, 2.24) is 9.80 Å². The van der Waals surface area contributed by atoms with Gasteiger partial charge in [-0.1, -0.05) is 36.7 Å². The molecule has 0 aliphatic carbocycles. The Balaban J connectivity index is 0.00000306. The molecule has 0 saturated carbocycles. The lowest BCUT2D eigenvalue weighted by Gasteiger charge is -2.49. The van der Waals surface area contributed by atoms with Gasteiger partial charge in [-0.15, -0.1) is 0 Å². The Morgan fingerprint density at radius 2 is 1.82 bits per heavy atom. The molecule has 2 amide bonds. The van der Waals surface area contributed by atoms with Crippen LogP contribution in [0.3, 0.4) is 0 Å². The fraction of sp³-hybridized carbons (Fsp3) is 0.625. The van der Waals surface area contributed by atoms with Crippen LogP contribution >= 0.6 is 23.2 Å². The van der Waals surface area contributed by atoms with Crippen LogP contribution in [-0.2, 0) is 20.7 Å². The largest absolute Gasteiger partial charge is 0.381 e. The molecule has 4 rings (SSSR count). The van der Waals surface area contributed by atoms with Crippen molar-refractivity contribution in [3.63, 3.8) is 0 Å². The summed E-state index contributed by atoms with van der Waals surface area (Å²) in [5.74, 6) is -0.359. The fourth-order valence-corrected chi connectivity index (χ4v) is 5.26. The van der Waals surface area contributed by atoms with E-state index in [1.807, 2.05) is 11.0 Å². The summed E-state index contributed by atoms with van der Waals surface area (Å²) < 4.78 is 8.21. The highest BCUT2D eigenvalue weighted by atomic mass is 35.5. The van der Waals surface area contributed by atoms with Crippen molar-refractivity contribution in [3.05, 3.63) is 33.8 Å². The molecule has 182 valence electrons. The number of ether oxygens (including phenoxy) is 1. The van der Waals surface area contributed by atoms with E-state index in [-0.39, 0.29) is 37.7 Å². The van der Waals surface area contributed by atoms with Crippen molar-refractivity contribution < 1.29 is 24.0 Å². The number of aliphatic hydroxyl groups is 1. The van der Waals surface area contributed by atoms with E-state index >= 15 is 0 Å². The van der Waals surface area contributed by atoms with Crippen LogP contribution in [-0.4, -0.2) is 94.1 Å². The van der Waals surface area contributed by atoms with Crippen LogP contribution in [0.2, 0.25) is 10.0 Å². The molecule has 3 aliphatic rings. The predicted octanol–water partition coefficient (Wildman–Crippen LogP) is 2.63. The molecule has 7 nitrogen and oxygen atoms in total. The van der Waals surface area contributed by atoms with E-state index in [9.17, 15) is 14.7 Å². The first kappa shape index (κ1) is 25.9. The van der Waals surface area contributed by atoms with Crippen LogP contribution < -0.4 is 0 Å². The molecule has 0 aromatic heterocycles. The quantitative estimate of drug-likeness (QED) is 0.650. The second kappa shape index (κ2) is 10.3. The SMILES string of the molecule is C.CC(C)(O)C(=O)N1CCN(C(=O)Cc2ccc(Cl)c(Cl)c2)C2C(=[N+]3CCCC3)COCC21. The fourth-order valence-electron chi connectivity index (χ4n) is 4.94. The number of piperazine rings is 1. The molecular formula is C24H34Cl2N3O4+. The average Bonchev–Trinajstić information content (AvgIpc) is 3.28. The summed E-state index contributed by atoms with van der Waals surface area (Å²) in [5.41, 5.74) is 0.363. The van der Waals surface area contributed by atoms with Gasteiger partial charge in [-0.2, -0.15) is 0 Å². The third-order valence-electron chi connectivity index (χ3n) is 6.52. The van der Waals surface area contributed by atoms with Crippen LogP contribution in [0.15, 0.2) is 18.2 Å². The van der Waals surface area contributed by atoms with Crippen LogP contribution in [0.5, 0.6) is 0 Å². The van der Waals surface area contributed by atoms with E-state index in [1.165, 1.54) is 13.8 Å².